The van der Waals surface area contributed by atoms with Crippen LogP contribution in [-0.2, 0) is 16.1 Å². The van der Waals surface area contributed by atoms with E-state index in [0.717, 1.165) is 11.1 Å². The number of carbonyl (C=O) groups excluding carboxylic acids is 2. The predicted octanol–water partition coefficient (Wildman–Crippen LogP) is 5.11. The number of anilines is 1. The molecule has 8 nitrogen and oxygen atoms in total. The van der Waals surface area contributed by atoms with Crippen molar-refractivity contribution in [1.29, 1.82) is 0 Å². The molecule has 3 aromatic carbocycles. The van der Waals surface area contributed by atoms with Crippen molar-refractivity contribution in [3.05, 3.63) is 119 Å². The maximum Gasteiger partial charge on any atom is 0.266 e. The van der Waals surface area contributed by atoms with Crippen LogP contribution < -0.4 is 4.90 Å². The summed E-state index contributed by atoms with van der Waals surface area (Å²) in [6.07, 6.45) is 2.87. The van der Waals surface area contributed by atoms with E-state index in [-0.39, 0.29) is 30.6 Å². The first-order valence-corrected chi connectivity index (χ1v) is 13.6. The molecule has 3 atom stereocenters. The van der Waals surface area contributed by atoms with Crippen LogP contribution >= 0.6 is 11.8 Å². The summed E-state index contributed by atoms with van der Waals surface area (Å²) >= 11 is 1.51. The Hall–Kier alpha value is -3.89. The van der Waals surface area contributed by atoms with Crippen molar-refractivity contribution in [2.75, 3.05) is 10.7 Å². The Labute approximate surface area is 229 Å². The van der Waals surface area contributed by atoms with Crippen LogP contribution in [0.15, 0.2) is 96.4 Å². The van der Waals surface area contributed by atoms with Crippen LogP contribution in [0.5, 0.6) is 0 Å². The largest absolute Gasteiger partial charge is 0.392 e. The van der Waals surface area contributed by atoms with E-state index in [9.17, 15) is 14.7 Å². The van der Waals surface area contributed by atoms with Crippen molar-refractivity contribution >= 4 is 29.3 Å². The van der Waals surface area contributed by atoms with Gasteiger partial charge in [0.05, 0.1) is 35.6 Å². The zero-order chi connectivity index (χ0) is 26.8. The topological polar surface area (TPSA) is 102 Å². The molecule has 39 heavy (non-hydrogen) atoms. The van der Waals surface area contributed by atoms with Gasteiger partial charge in [-0.1, -0.05) is 60.3 Å². The van der Waals surface area contributed by atoms with E-state index in [4.69, 9.17) is 9.47 Å². The molecule has 0 radical (unpaired) electrons. The molecule has 3 heterocycles. The van der Waals surface area contributed by atoms with Crippen LogP contribution in [0.2, 0.25) is 0 Å². The number of aliphatic hydroxyl groups is 1. The van der Waals surface area contributed by atoms with Gasteiger partial charge in [0, 0.05) is 30.1 Å². The van der Waals surface area contributed by atoms with E-state index >= 15 is 0 Å². The number of aliphatic hydroxyl groups excluding tert-OH is 1. The molecule has 1 saturated heterocycles. The van der Waals surface area contributed by atoms with Crippen LogP contribution in [0.25, 0.3) is 0 Å². The van der Waals surface area contributed by atoms with Gasteiger partial charge >= 0.3 is 0 Å². The first kappa shape index (κ1) is 25.4. The first-order chi connectivity index (χ1) is 19.1. The summed E-state index contributed by atoms with van der Waals surface area (Å²) in [6.45, 7) is -0.0293. The highest BCUT2D eigenvalue weighted by Gasteiger charge is 2.37. The summed E-state index contributed by atoms with van der Waals surface area (Å²) in [5.74, 6) is -0.0813. The van der Waals surface area contributed by atoms with Gasteiger partial charge < -0.3 is 14.6 Å². The fraction of sp³-hybridized carbons (Fsp3) is 0.200. The van der Waals surface area contributed by atoms with E-state index in [2.05, 4.69) is 9.97 Å². The molecule has 0 spiro atoms. The quantitative estimate of drug-likeness (QED) is 0.197. The number of amides is 2. The number of hydrogen-bond acceptors (Lipinski definition) is 8. The van der Waals surface area contributed by atoms with Gasteiger partial charge in [-0.3, -0.25) is 9.59 Å². The third-order valence-corrected chi connectivity index (χ3v) is 7.76. The summed E-state index contributed by atoms with van der Waals surface area (Å²) in [5, 5.41) is 10.1. The first-order valence-electron chi connectivity index (χ1n) is 12.6. The third kappa shape index (κ3) is 5.22. The van der Waals surface area contributed by atoms with Crippen molar-refractivity contribution in [1.82, 2.24) is 9.97 Å². The lowest BCUT2D eigenvalue weighted by atomic mass is 10.0. The Bertz CT molecular complexity index is 1460. The summed E-state index contributed by atoms with van der Waals surface area (Å²) < 4.78 is 12.8. The molecule has 0 saturated carbocycles. The van der Waals surface area contributed by atoms with Crippen molar-refractivity contribution in [3.8, 4) is 0 Å². The van der Waals surface area contributed by atoms with Gasteiger partial charge in [0.15, 0.2) is 11.4 Å². The predicted molar refractivity (Wildman–Crippen MR) is 145 cm³/mol. The summed E-state index contributed by atoms with van der Waals surface area (Å²) in [4.78, 5) is 35.9. The number of hydrogen-bond donors (Lipinski definition) is 1. The van der Waals surface area contributed by atoms with Crippen molar-refractivity contribution in [3.63, 3.8) is 0 Å². The zero-order valence-corrected chi connectivity index (χ0v) is 21.7. The zero-order valence-electron chi connectivity index (χ0n) is 20.8. The highest BCUT2D eigenvalue weighted by Crippen LogP contribution is 2.40. The lowest BCUT2D eigenvalue weighted by Gasteiger charge is -2.36. The number of carbonyl (C=O) groups is 2. The van der Waals surface area contributed by atoms with Crippen LogP contribution in [0, 0.1) is 0 Å². The van der Waals surface area contributed by atoms with Crippen LogP contribution in [-0.4, -0.2) is 38.7 Å². The van der Waals surface area contributed by atoms with Crippen molar-refractivity contribution in [2.24, 2.45) is 0 Å². The highest BCUT2D eigenvalue weighted by atomic mass is 32.2. The number of ether oxygens (including phenoxy) is 2. The molecule has 196 valence electrons. The van der Waals surface area contributed by atoms with Crippen LogP contribution in [0.1, 0.15) is 56.2 Å². The molecular formula is C30H25N3O5S. The molecule has 6 rings (SSSR count). The summed E-state index contributed by atoms with van der Waals surface area (Å²) in [7, 11) is 0. The number of imide groups is 1. The lowest BCUT2D eigenvalue weighted by molar-refractivity contribution is -0.245. The fourth-order valence-electron chi connectivity index (χ4n) is 4.78. The maximum atomic E-state index is 13.1. The Morgan fingerprint density at radius 2 is 1.56 bits per heavy atom. The van der Waals surface area contributed by atoms with Gasteiger partial charge in [-0.2, -0.15) is 0 Å². The SMILES string of the molecule is O=C1c2ccccc2C(=O)N1c1cccc([C@H]2O[C@@H](CSc3ncccn3)C[C@@H](c3ccc(CO)cc3)O2)c1. The fourth-order valence-corrected chi connectivity index (χ4v) is 5.60. The maximum absolute atomic E-state index is 13.1. The normalized spacial score (nSPS) is 20.7. The number of aromatic nitrogens is 2. The molecule has 2 amide bonds. The third-order valence-electron chi connectivity index (χ3n) is 6.75. The van der Waals surface area contributed by atoms with E-state index in [1.54, 1.807) is 60.9 Å². The molecule has 2 aliphatic rings. The number of rotatable bonds is 7. The molecule has 1 N–H and O–H groups in total. The summed E-state index contributed by atoms with van der Waals surface area (Å²) in [5.41, 5.74) is 3.75. The van der Waals surface area contributed by atoms with Crippen LogP contribution in [0.3, 0.4) is 0 Å². The minimum absolute atomic E-state index is 0.0293. The standard InChI is InChI=1S/C30H25N3O5S/c34-17-19-9-11-20(12-10-19)26-16-23(18-39-30-31-13-4-14-32-30)37-29(38-26)21-5-3-6-22(15-21)33-27(35)24-7-1-2-8-25(24)28(33)36/h1-15,23,26,29,34H,16-18H2/t23-,26+,29+/m1/s1. The van der Waals surface area contributed by atoms with Gasteiger partial charge in [-0.25, -0.2) is 14.9 Å². The molecule has 1 fully saturated rings. The van der Waals surface area contributed by atoms with Gasteiger partial charge in [0.1, 0.15) is 0 Å². The molecule has 0 aliphatic carbocycles. The van der Waals surface area contributed by atoms with Crippen molar-refractivity contribution < 1.29 is 24.2 Å². The van der Waals surface area contributed by atoms with E-state index in [1.165, 1.54) is 16.7 Å². The molecule has 0 unspecified atom stereocenters. The lowest BCUT2D eigenvalue weighted by Crippen LogP contribution is -2.32. The summed E-state index contributed by atoms with van der Waals surface area (Å²) in [6, 6.07) is 23.5. The van der Waals surface area contributed by atoms with Gasteiger partial charge in [-0.05, 0) is 41.5 Å². The molecule has 0 bridgehead atoms. The number of nitrogens with zero attached hydrogens (tertiary/aromatic N) is 3. The average Bonchev–Trinajstić information content (AvgIpc) is 3.26. The second kappa shape index (κ2) is 11.1. The Morgan fingerprint density at radius 3 is 2.26 bits per heavy atom. The van der Waals surface area contributed by atoms with E-state index in [0.29, 0.717) is 39.7 Å². The van der Waals surface area contributed by atoms with Gasteiger partial charge in [0.25, 0.3) is 11.8 Å². The number of thioether (sulfide) groups is 1. The average molecular weight is 540 g/mol. The molecule has 2 aliphatic heterocycles. The number of benzene rings is 3. The highest BCUT2D eigenvalue weighted by molar-refractivity contribution is 7.99. The van der Waals surface area contributed by atoms with Crippen LogP contribution in [0.4, 0.5) is 5.69 Å². The van der Waals surface area contributed by atoms with Gasteiger partial charge in [-0.15, -0.1) is 0 Å². The number of fused-ring (bicyclic) bond motifs is 1. The van der Waals surface area contributed by atoms with Crippen molar-refractivity contribution in [2.45, 2.75) is 36.7 Å². The minimum atomic E-state index is -0.723. The van der Waals surface area contributed by atoms with E-state index < -0.39 is 6.29 Å². The Balaban J connectivity index is 1.27. The minimum Gasteiger partial charge on any atom is -0.392 e. The molecule has 9 heteroatoms. The van der Waals surface area contributed by atoms with Gasteiger partial charge in [0.2, 0.25) is 0 Å². The van der Waals surface area contributed by atoms with E-state index in [1.807, 2.05) is 30.3 Å². The monoisotopic (exact) mass is 539 g/mol. The Morgan fingerprint density at radius 1 is 0.846 bits per heavy atom. The molecular weight excluding hydrogens is 514 g/mol. The second-order valence-electron chi connectivity index (χ2n) is 9.28. The Kier molecular flexibility index (Phi) is 7.21. The smallest absolute Gasteiger partial charge is 0.266 e. The molecule has 4 aromatic rings. The molecule has 1 aromatic heterocycles. The second-order valence-corrected chi connectivity index (χ2v) is 10.3.